The molecule has 0 unspecified atom stereocenters. The molecule has 1 aromatic carbocycles. The summed E-state index contributed by atoms with van der Waals surface area (Å²) < 4.78 is 5.11. The highest BCUT2D eigenvalue weighted by atomic mass is 16.5. The highest BCUT2D eigenvalue weighted by Gasteiger charge is 2.31. The van der Waals surface area contributed by atoms with E-state index >= 15 is 0 Å². The topological polar surface area (TPSA) is 46.6 Å². The Bertz CT molecular complexity index is 398. The number of hydrogen-bond acceptors (Lipinski definition) is 3. The Morgan fingerprint density at radius 3 is 2.33 bits per heavy atom. The van der Waals surface area contributed by atoms with Crippen molar-refractivity contribution in [3.8, 4) is 5.75 Å². The minimum atomic E-state index is -0.162. The summed E-state index contributed by atoms with van der Waals surface area (Å²) in [6, 6.07) is 7.01. The SMILES string of the molecule is COc1ccccc1N1C(=O)CCC1=O. The predicted octanol–water partition coefficient (Wildman–Crippen LogP) is 1.35. The Hall–Kier alpha value is -1.84. The van der Waals surface area contributed by atoms with Crippen LogP contribution in [-0.4, -0.2) is 18.9 Å². The van der Waals surface area contributed by atoms with E-state index in [9.17, 15) is 9.59 Å². The first-order valence-electron chi connectivity index (χ1n) is 4.73. The van der Waals surface area contributed by atoms with Gasteiger partial charge in [0.05, 0.1) is 12.8 Å². The number of imide groups is 1. The molecule has 1 aromatic rings. The van der Waals surface area contributed by atoms with Gasteiger partial charge in [-0.2, -0.15) is 0 Å². The Morgan fingerprint density at radius 2 is 1.73 bits per heavy atom. The van der Waals surface area contributed by atoms with Gasteiger partial charge >= 0.3 is 0 Å². The zero-order valence-corrected chi connectivity index (χ0v) is 8.40. The highest BCUT2D eigenvalue weighted by molar-refractivity contribution is 6.20. The van der Waals surface area contributed by atoms with Crippen LogP contribution < -0.4 is 9.64 Å². The summed E-state index contributed by atoms with van der Waals surface area (Å²) in [5, 5.41) is 0. The summed E-state index contributed by atoms with van der Waals surface area (Å²) >= 11 is 0. The van der Waals surface area contributed by atoms with Gasteiger partial charge in [0.25, 0.3) is 0 Å². The van der Waals surface area contributed by atoms with Crippen LogP contribution in [0.3, 0.4) is 0 Å². The zero-order valence-electron chi connectivity index (χ0n) is 8.40. The maximum absolute atomic E-state index is 11.5. The van der Waals surface area contributed by atoms with Crippen LogP contribution in [0.5, 0.6) is 5.75 Å². The molecule has 1 aliphatic rings. The lowest BCUT2D eigenvalue weighted by atomic mass is 10.2. The number of methoxy groups -OCH3 is 1. The van der Waals surface area contributed by atoms with Crippen LogP contribution in [0.25, 0.3) is 0 Å². The number of nitrogens with zero attached hydrogens (tertiary/aromatic N) is 1. The average Bonchev–Trinajstić information content (AvgIpc) is 2.59. The first-order chi connectivity index (χ1) is 7.24. The van der Waals surface area contributed by atoms with Crippen molar-refractivity contribution in [2.24, 2.45) is 0 Å². The molecule has 2 rings (SSSR count). The first kappa shape index (κ1) is 9.71. The summed E-state index contributed by atoms with van der Waals surface area (Å²) in [7, 11) is 1.52. The van der Waals surface area contributed by atoms with Gasteiger partial charge in [0, 0.05) is 12.8 Å². The molecule has 15 heavy (non-hydrogen) atoms. The van der Waals surface area contributed by atoms with Crippen molar-refractivity contribution in [3.05, 3.63) is 24.3 Å². The Labute approximate surface area is 87.4 Å². The van der Waals surface area contributed by atoms with E-state index in [-0.39, 0.29) is 24.7 Å². The number of para-hydroxylation sites is 2. The number of rotatable bonds is 2. The molecule has 1 saturated heterocycles. The number of benzene rings is 1. The van der Waals surface area contributed by atoms with Crippen LogP contribution in [0.15, 0.2) is 24.3 Å². The van der Waals surface area contributed by atoms with Gasteiger partial charge in [-0.3, -0.25) is 9.59 Å². The fourth-order valence-electron chi connectivity index (χ4n) is 1.66. The van der Waals surface area contributed by atoms with Crippen LogP contribution >= 0.6 is 0 Å². The fourth-order valence-corrected chi connectivity index (χ4v) is 1.66. The fraction of sp³-hybridized carbons (Fsp3) is 0.273. The lowest BCUT2D eigenvalue weighted by Gasteiger charge is -2.16. The van der Waals surface area contributed by atoms with Crippen molar-refractivity contribution in [2.75, 3.05) is 12.0 Å². The van der Waals surface area contributed by atoms with Crippen molar-refractivity contribution in [1.82, 2.24) is 0 Å². The normalized spacial score (nSPS) is 15.9. The molecule has 1 aliphatic heterocycles. The summed E-state index contributed by atoms with van der Waals surface area (Å²) in [5.74, 6) is 0.218. The lowest BCUT2D eigenvalue weighted by Crippen LogP contribution is -2.28. The van der Waals surface area contributed by atoms with E-state index in [0.717, 1.165) is 0 Å². The quantitative estimate of drug-likeness (QED) is 0.684. The van der Waals surface area contributed by atoms with Crippen molar-refractivity contribution in [3.63, 3.8) is 0 Å². The molecule has 0 aromatic heterocycles. The van der Waals surface area contributed by atoms with Crippen molar-refractivity contribution < 1.29 is 14.3 Å². The van der Waals surface area contributed by atoms with Crippen LogP contribution in [0.1, 0.15) is 12.8 Å². The Balaban J connectivity index is 2.44. The van der Waals surface area contributed by atoms with E-state index in [2.05, 4.69) is 0 Å². The molecule has 0 saturated carbocycles. The van der Waals surface area contributed by atoms with Gasteiger partial charge in [0.15, 0.2) is 0 Å². The Morgan fingerprint density at radius 1 is 1.13 bits per heavy atom. The minimum Gasteiger partial charge on any atom is -0.495 e. The van der Waals surface area contributed by atoms with Gasteiger partial charge in [0.1, 0.15) is 5.75 Å². The second-order valence-electron chi connectivity index (χ2n) is 3.29. The largest absolute Gasteiger partial charge is 0.495 e. The van der Waals surface area contributed by atoms with E-state index < -0.39 is 0 Å². The monoisotopic (exact) mass is 205 g/mol. The van der Waals surface area contributed by atoms with Crippen LogP contribution in [-0.2, 0) is 9.59 Å². The molecule has 0 aliphatic carbocycles. The van der Waals surface area contributed by atoms with Gasteiger partial charge in [-0.05, 0) is 12.1 Å². The first-order valence-corrected chi connectivity index (χ1v) is 4.73. The standard InChI is InChI=1S/C11H11NO3/c1-15-9-5-3-2-4-8(9)12-10(13)6-7-11(12)14/h2-5H,6-7H2,1H3. The molecule has 0 radical (unpaired) electrons. The Kier molecular flexibility index (Phi) is 2.41. The number of ether oxygens (including phenoxy) is 1. The smallest absolute Gasteiger partial charge is 0.234 e. The average molecular weight is 205 g/mol. The van der Waals surface area contributed by atoms with Gasteiger partial charge in [-0.15, -0.1) is 0 Å². The highest BCUT2D eigenvalue weighted by Crippen LogP contribution is 2.31. The third-order valence-electron chi connectivity index (χ3n) is 2.38. The van der Waals surface area contributed by atoms with E-state index in [1.165, 1.54) is 12.0 Å². The summed E-state index contributed by atoms with van der Waals surface area (Å²) in [4.78, 5) is 24.2. The van der Waals surface area contributed by atoms with E-state index in [0.29, 0.717) is 11.4 Å². The number of carbonyl (C=O) groups excluding carboxylic acids is 2. The van der Waals surface area contributed by atoms with Crippen molar-refractivity contribution in [2.45, 2.75) is 12.8 Å². The van der Waals surface area contributed by atoms with E-state index in [1.807, 2.05) is 0 Å². The third-order valence-corrected chi connectivity index (χ3v) is 2.38. The zero-order chi connectivity index (χ0) is 10.8. The summed E-state index contributed by atoms with van der Waals surface area (Å²) in [6.07, 6.45) is 0.577. The van der Waals surface area contributed by atoms with Crippen molar-refractivity contribution >= 4 is 17.5 Å². The molecule has 1 fully saturated rings. The molecule has 4 heteroatoms. The molecule has 0 atom stereocenters. The molecule has 0 N–H and O–H groups in total. The number of amides is 2. The maximum Gasteiger partial charge on any atom is 0.234 e. The molecule has 78 valence electrons. The molecular formula is C11H11NO3. The lowest BCUT2D eigenvalue weighted by molar-refractivity contribution is -0.121. The molecule has 0 bridgehead atoms. The maximum atomic E-state index is 11.5. The van der Waals surface area contributed by atoms with Crippen molar-refractivity contribution in [1.29, 1.82) is 0 Å². The summed E-state index contributed by atoms with van der Waals surface area (Å²) in [5.41, 5.74) is 0.535. The second-order valence-corrected chi connectivity index (χ2v) is 3.29. The molecule has 0 spiro atoms. The van der Waals surface area contributed by atoms with Gasteiger partial charge in [-0.1, -0.05) is 12.1 Å². The van der Waals surface area contributed by atoms with Crippen LogP contribution in [0, 0.1) is 0 Å². The number of carbonyl (C=O) groups is 2. The van der Waals surface area contributed by atoms with Gasteiger partial charge in [-0.25, -0.2) is 4.90 Å². The van der Waals surface area contributed by atoms with Gasteiger partial charge < -0.3 is 4.74 Å². The van der Waals surface area contributed by atoms with E-state index in [4.69, 9.17) is 4.74 Å². The number of anilines is 1. The van der Waals surface area contributed by atoms with Gasteiger partial charge in [0.2, 0.25) is 11.8 Å². The minimum absolute atomic E-state index is 0.162. The van der Waals surface area contributed by atoms with Crippen LogP contribution in [0.2, 0.25) is 0 Å². The predicted molar refractivity (Wildman–Crippen MR) is 54.7 cm³/mol. The molecular weight excluding hydrogens is 194 g/mol. The molecule has 4 nitrogen and oxygen atoms in total. The van der Waals surface area contributed by atoms with E-state index in [1.54, 1.807) is 24.3 Å². The second kappa shape index (κ2) is 3.73. The van der Waals surface area contributed by atoms with Crippen LogP contribution in [0.4, 0.5) is 5.69 Å². The summed E-state index contributed by atoms with van der Waals surface area (Å²) in [6.45, 7) is 0. The number of hydrogen-bond donors (Lipinski definition) is 0. The molecule has 2 amide bonds. The molecule has 1 heterocycles. The third kappa shape index (κ3) is 1.58.